The average molecular weight is 1710 g/mol. The van der Waals surface area contributed by atoms with Gasteiger partial charge in [0.25, 0.3) is 0 Å². The molecule has 676 valence electrons. The van der Waals surface area contributed by atoms with Crippen molar-refractivity contribution in [2.45, 2.75) is 96.8 Å². The van der Waals surface area contributed by atoms with Gasteiger partial charge in [-0.1, -0.05) is 84.0 Å². The predicted molar refractivity (Wildman–Crippen MR) is 415 cm³/mol. The third kappa shape index (κ3) is 56.6. The summed E-state index contributed by atoms with van der Waals surface area (Å²) < 4.78 is 0. The van der Waals surface area contributed by atoms with Crippen molar-refractivity contribution in [2.75, 3.05) is 249 Å². The van der Waals surface area contributed by atoms with Crippen molar-refractivity contribution in [3.8, 4) is 0 Å². The first kappa shape index (κ1) is 107. The van der Waals surface area contributed by atoms with E-state index in [0.717, 1.165) is 79.2 Å². The van der Waals surface area contributed by atoms with Crippen LogP contribution in [0.25, 0.3) is 0 Å². The topological polar surface area (TPSA) is 645 Å². The number of amides is 7. The van der Waals surface area contributed by atoms with Crippen LogP contribution in [0.2, 0.25) is 0 Å². The Morgan fingerprint density at radius 1 is 0.210 bits per heavy atom. The summed E-state index contributed by atoms with van der Waals surface area (Å²) in [5, 5.41) is 121. The molecule has 1 aliphatic rings. The zero-order valence-electron chi connectivity index (χ0n) is 67.7. The highest BCUT2D eigenvalue weighted by atomic mass is 16.4. The number of hydrogen-bond acceptors (Lipinski definition) is 28. The molecule has 0 aromatic carbocycles. The maximum Gasteiger partial charge on any atom is 0.317 e. The first-order valence-corrected chi connectivity index (χ1v) is 39.3. The van der Waals surface area contributed by atoms with Crippen molar-refractivity contribution < 1.29 is 152 Å². The SMILES string of the molecule is CCCCCCCCCCCCCCCC(=O)N1CCN(C(=O)CNC(=O)CN(CCN(CC(=O)O)CC(=O)O)CCN(CC(=O)O)CC(=O)O)CCN(C(=O)CNC(=O)CN(CCN(CC(=O)O)CC(=O)O)CCN(CC(=O)O)CC(=O)O)CCN(C(=O)CNC(=O)CN(CCN(CC(=O)O)CC(=O)O)CCN(CC(=O)O)CC(=O)O)CC1. The van der Waals surface area contributed by atoms with E-state index in [2.05, 4.69) is 22.9 Å². The van der Waals surface area contributed by atoms with Crippen molar-refractivity contribution >= 4 is 113 Å². The molecule has 0 aromatic heterocycles. The summed E-state index contributed by atoms with van der Waals surface area (Å²) in [6.45, 7) is -17.4. The smallest absolute Gasteiger partial charge is 0.317 e. The largest absolute Gasteiger partial charge is 0.480 e. The summed E-state index contributed by atoms with van der Waals surface area (Å²) in [5.41, 5.74) is 0. The lowest BCUT2D eigenvalue weighted by molar-refractivity contribution is -0.144. The van der Waals surface area contributed by atoms with E-state index in [1.54, 1.807) is 0 Å². The third-order valence-electron chi connectivity index (χ3n) is 18.6. The summed E-state index contributed by atoms with van der Waals surface area (Å²) in [4.78, 5) is 255. The molecule has 0 atom stereocenters. The maximum atomic E-state index is 14.7. The Labute approximate surface area is 688 Å². The molecule has 47 heteroatoms. The summed E-state index contributed by atoms with van der Waals surface area (Å²) in [6, 6.07) is 0. The van der Waals surface area contributed by atoms with E-state index in [4.69, 9.17) is 0 Å². The number of unbranched alkanes of at least 4 members (excludes halogenated alkanes) is 12. The summed E-state index contributed by atoms with van der Waals surface area (Å²) >= 11 is 0. The molecule has 119 heavy (non-hydrogen) atoms. The minimum atomic E-state index is -1.41. The molecular formula is C72H122N16O31. The van der Waals surface area contributed by atoms with Crippen LogP contribution in [-0.2, 0) is 91.1 Å². The molecule has 1 rings (SSSR count). The molecule has 0 radical (unpaired) electrons. The second kappa shape index (κ2) is 61.8. The first-order chi connectivity index (χ1) is 56.2. The van der Waals surface area contributed by atoms with Crippen LogP contribution in [0.15, 0.2) is 0 Å². The number of nitrogens with zero attached hydrogens (tertiary/aromatic N) is 13. The lowest BCUT2D eigenvalue weighted by Gasteiger charge is -2.35. The predicted octanol–water partition coefficient (Wildman–Crippen LogP) is -6.12. The Morgan fingerprint density at radius 2 is 0.361 bits per heavy atom. The van der Waals surface area contributed by atoms with Crippen LogP contribution in [0.4, 0.5) is 0 Å². The molecule has 0 aliphatic carbocycles. The molecule has 7 amide bonds. The van der Waals surface area contributed by atoms with Gasteiger partial charge in [0.15, 0.2) is 0 Å². The van der Waals surface area contributed by atoms with Crippen molar-refractivity contribution in [3.05, 3.63) is 0 Å². The van der Waals surface area contributed by atoms with Crippen LogP contribution in [-0.4, -0.2) is 487 Å². The minimum absolute atomic E-state index is 0.00973. The van der Waals surface area contributed by atoms with E-state index >= 15 is 0 Å². The van der Waals surface area contributed by atoms with Gasteiger partial charge in [-0.15, -0.1) is 0 Å². The Hall–Kier alpha value is -10.4. The number of rotatable bonds is 68. The number of carbonyl (C=O) groups excluding carboxylic acids is 7. The van der Waals surface area contributed by atoms with Crippen molar-refractivity contribution in [1.29, 1.82) is 0 Å². The molecular weight excluding hydrogens is 1580 g/mol. The van der Waals surface area contributed by atoms with Gasteiger partial charge in [0.05, 0.1) is 118 Å². The van der Waals surface area contributed by atoms with Gasteiger partial charge in [0.1, 0.15) is 0 Å². The third-order valence-corrected chi connectivity index (χ3v) is 18.6. The normalized spacial score (nSPS) is 12.9. The minimum Gasteiger partial charge on any atom is -0.480 e. The highest BCUT2D eigenvalue weighted by Gasteiger charge is 2.30. The van der Waals surface area contributed by atoms with Crippen molar-refractivity contribution in [2.24, 2.45) is 0 Å². The van der Waals surface area contributed by atoms with E-state index < -0.39 is 257 Å². The van der Waals surface area contributed by atoms with Crippen LogP contribution < -0.4 is 16.0 Å². The standard InChI is InChI=1S/C72H122N16O31/c1-2-3-4-5-6-7-8-9-10-11-12-13-14-15-57(92)85-28-30-86(58(93)36-73-54(89)39-76(16-22-79(42-61(96)97)43-62(98)99)17-23-80(44-63(100)101)45-64(102)103)32-34-88(60(95)38-75-56(91)41-78(20-26-83(50-69(112)113)51-70(114)115)21-27-84(52-71(116)117)53-72(118)119)35-33-87(31-29-85)59(94)37-74-55(90)40-77(18-24-81(46-65(104)105)47-66(106)107)19-25-82(48-67(108)109)49-68(110)111/h2-53H2,1H3,(H,73,89)(H,74,90)(H,75,91)(H,96,97)(H,98,99)(H,100,101)(H,102,103)(H,104,105)(H,106,107)(H,108,109)(H,110,111)(H,112,113)(H,114,115)(H,116,117)(H,118,119). The van der Waals surface area contributed by atoms with E-state index in [-0.39, 0.29) is 111 Å². The Balaban J connectivity index is 4.05. The van der Waals surface area contributed by atoms with Gasteiger partial charge < -0.3 is 96.8 Å². The fourth-order valence-electron chi connectivity index (χ4n) is 12.6. The number of carboxylic acids is 12. The zero-order valence-corrected chi connectivity index (χ0v) is 67.7. The molecule has 0 spiro atoms. The molecule has 1 heterocycles. The lowest BCUT2D eigenvalue weighted by Crippen LogP contribution is -2.54. The number of carbonyl (C=O) groups is 19. The van der Waals surface area contributed by atoms with Gasteiger partial charge in [-0.3, -0.25) is 135 Å². The van der Waals surface area contributed by atoms with Gasteiger partial charge in [-0.25, -0.2) is 0 Å². The van der Waals surface area contributed by atoms with E-state index in [1.807, 2.05) is 0 Å². The second-order valence-electron chi connectivity index (χ2n) is 28.7. The van der Waals surface area contributed by atoms with E-state index in [0.29, 0.717) is 12.8 Å². The number of aliphatic carboxylic acids is 12. The van der Waals surface area contributed by atoms with Gasteiger partial charge in [-0.2, -0.15) is 0 Å². The highest BCUT2D eigenvalue weighted by molar-refractivity contribution is 5.88. The molecule has 1 fully saturated rings. The Bertz CT molecular complexity index is 2940. The Morgan fingerprint density at radius 3 is 0.529 bits per heavy atom. The molecule has 0 unspecified atom stereocenters. The molecule has 0 saturated carbocycles. The summed E-state index contributed by atoms with van der Waals surface area (Å²) in [7, 11) is 0. The molecule has 1 aliphatic heterocycles. The fraction of sp³-hybridized carbons (Fsp3) is 0.736. The summed E-state index contributed by atoms with van der Waals surface area (Å²) in [5.74, 6) is -22.4. The van der Waals surface area contributed by atoms with Gasteiger partial charge in [0, 0.05) is 137 Å². The van der Waals surface area contributed by atoms with Gasteiger partial charge in [0.2, 0.25) is 41.4 Å². The Kier molecular flexibility index (Phi) is 55.4. The lowest BCUT2D eigenvalue weighted by atomic mass is 10.0. The molecule has 0 aromatic rings. The molecule has 47 nitrogen and oxygen atoms in total. The zero-order chi connectivity index (χ0) is 89.4. The van der Waals surface area contributed by atoms with E-state index in [1.165, 1.54) is 55.1 Å². The van der Waals surface area contributed by atoms with E-state index in [9.17, 15) is 152 Å². The van der Waals surface area contributed by atoms with Gasteiger partial charge >= 0.3 is 71.6 Å². The van der Waals surface area contributed by atoms with Crippen LogP contribution >= 0.6 is 0 Å². The van der Waals surface area contributed by atoms with Crippen LogP contribution in [0.1, 0.15) is 96.8 Å². The fourth-order valence-corrected chi connectivity index (χ4v) is 12.6. The maximum absolute atomic E-state index is 14.7. The van der Waals surface area contributed by atoms with Crippen molar-refractivity contribution in [3.63, 3.8) is 0 Å². The average Bonchev–Trinajstić information content (AvgIpc) is 0.866. The number of carboxylic acid groups (broad SMARTS) is 12. The van der Waals surface area contributed by atoms with Crippen LogP contribution in [0, 0.1) is 0 Å². The molecule has 1 saturated heterocycles. The molecule has 0 bridgehead atoms. The van der Waals surface area contributed by atoms with Gasteiger partial charge in [-0.05, 0) is 6.42 Å². The monoisotopic (exact) mass is 1710 g/mol. The number of hydrogen-bond donors (Lipinski definition) is 15. The summed E-state index contributed by atoms with van der Waals surface area (Å²) in [6.07, 6.45) is 13.1. The number of nitrogens with one attached hydrogen (secondary N) is 3. The second-order valence-corrected chi connectivity index (χ2v) is 28.7. The first-order valence-electron chi connectivity index (χ1n) is 39.3. The van der Waals surface area contributed by atoms with Crippen molar-refractivity contribution in [1.82, 2.24) is 79.6 Å². The quantitative estimate of drug-likeness (QED) is 0.0252. The van der Waals surface area contributed by atoms with Crippen LogP contribution in [0.5, 0.6) is 0 Å². The molecule has 15 N–H and O–H groups in total. The highest BCUT2D eigenvalue weighted by Crippen LogP contribution is 2.15. The van der Waals surface area contributed by atoms with Crippen LogP contribution in [0.3, 0.4) is 0 Å².